The molecule has 0 aromatic heterocycles. The Morgan fingerprint density at radius 3 is 2.04 bits per heavy atom. The van der Waals surface area contributed by atoms with Crippen molar-refractivity contribution in [2.24, 2.45) is 17.6 Å². The number of rotatable bonds is 2. The lowest BCUT2D eigenvalue weighted by molar-refractivity contribution is -0.140. The van der Waals surface area contributed by atoms with Crippen LogP contribution in [-0.4, -0.2) is 59.6 Å². The predicted molar refractivity (Wildman–Crippen MR) is 78.4 cm³/mol. The highest BCUT2D eigenvalue weighted by atomic mass is 19.3. The van der Waals surface area contributed by atoms with Crippen molar-refractivity contribution in [3.8, 4) is 0 Å². The van der Waals surface area contributed by atoms with Gasteiger partial charge in [-0.2, -0.15) is 0 Å². The molecule has 1 aliphatic heterocycles. The molecule has 1 aliphatic carbocycles. The van der Waals surface area contributed by atoms with E-state index in [4.69, 9.17) is 5.73 Å². The molecule has 0 aromatic carbocycles. The van der Waals surface area contributed by atoms with Crippen LogP contribution >= 0.6 is 0 Å². The summed E-state index contributed by atoms with van der Waals surface area (Å²) in [6.45, 7) is 2.36. The molecule has 1 atom stereocenters. The molecule has 0 unspecified atom stereocenters. The zero-order valence-electron chi connectivity index (χ0n) is 13.3. The molecule has 3 amide bonds. The van der Waals surface area contributed by atoms with Gasteiger partial charge in [0.2, 0.25) is 23.6 Å². The summed E-state index contributed by atoms with van der Waals surface area (Å²) in [5.74, 6) is -4.70. The molecular weight excluding hydrogens is 308 g/mol. The fraction of sp³-hybridized carbons (Fsp3) is 0.800. The minimum absolute atomic E-state index is 0.144. The van der Waals surface area contributed by atoms with Gasteiger partial charge < -0.3 is 15.5 Å². The van der Waals surface area contributed by atoms with Crippen LogP contribution in [0.4, 0.5) is 8.78 Å². The van der Waals surface area contributed by atoms with Gasteiger partial charge in [-0.1, -0.05) is 0 Å². The van der Waals surface area contributed by atoms with Crippen molar-refractivity contribution in [1.82, 2.24) is 9.80 Å². The third-order valence-corrected chi connectivity index (χ3v) is 4.75. The van der Waals surface area contributed by atoms with Crippen molar-refractivity contribution in [2.45, 2.75) is 38.5 Å². The molecule has 2 aliphatic rings. The van der Waals surface area contributed by atoms with E-state index in [1.54, 1.807) is 0 Å². The summed E-state index contributed by atoms with van der Waals surface area (Å²) in [6, 6.07) is 0. The van der Waals surface area contributed by atoms with Crippen molar-refractivity contribution in [2.75, 3.05) is 26.2 Å². The van der Waals surface area contributed by atoms with E-state index in [-0.39, 0.29) is 50.6 Å². The summed E-state index contributed by atoms with van der Waals surface area (Å²) in [5, 5.41) is 0. The molecule has 0 radical (unpaired) electrons. The summed E-state index contributed by atoms with van der Waals surface area (Å²) in [6.07, 6.45) is -0.258. The van der Waals surface area contributed by atoms with Crippen molar-refractivity contribution < 1.29 is 23.2 Å². The van der Waals surface area contributed by atoms with Crippen LogP contribution < -0.4 is 5.73 Å². The molecule has 2 rings (SSSR count). The average molecular weight is 331 g/mol. The summed E-state index contributed by atoms with van der Waals surface area (Å²) in [4.78, 5) is 38.7. The maximum absolute atomic E-state index is 13.2. The normalized spacial score (nSPS) is 25.8. The van der Waals surface area contributed by atoms with Gasteiger partial charge in [-0.15, -0.1) is 0 Å². The third-order valence-electron chi connectivity index (χ3n) is 4.75. The molecule has 130 valence electrons. The highest BCUT2D eigenvalue weighted by molar-refractivity contribution is 5.82. The van der Waals surface area contributed by atoms with Gasteiger partial charge in [0, 0.05) is 51.9 Å². The number of primary amides is 1. The first-order chi connectivity index (χ1) is 10.7. The maximum atomic E-state index is 13.2. The van der Waals surface area contributed by atoms with E-state index in [2.05, 4.69) is 0 Å². The molecule has 0 bridgehead atoms. The van der Waals surface area contributed by atoms with Gasteiger partial charge in [-0.05, 0) is 12.8 Å². The number of halogens is 2. The fourth-order valence-electron chi connectivity index (χ4n) is 3.23. The van der Waals surface area contributed by atoms with Crippen LogP contribution in [0.3, 0.4) is 0 Å². The zero-order chi connectivity index (χ0) is 17.2. The molecule has 8 heteroatoms. The van der Waals surface area contributed by atoms with Crippen LogP contribution in [0.5, 0.6) is 0 Å². The lowest BCUT2D eigenvalue weighted by Gasteiger charge is -2.32. The molecule has 6 nitrogen and oxygen atoms in total. The number of nitrogens with two attached hydrogens (primary N) is 1. The topological polar surface area (TPSA) is 83.7 Å². The monoisotopic (exact) mass is 331 g/mol. The van der Waals surface area contributed by atoms with E-state index in [1.165, 1.54) is 16.7 Å². The second kappa shape index (κ2) is 6.80. The maximum Gasteiger partial charge on any atom is 0.248 e. The highest BCUT2D eigenvalue weighted by Gasteiger charge is 2.40. The van der Waals surface area contributed by atoms with Crippen LogP contribution in [0.1, 0.15) is 32.6 Å². The van der Waals surface area contributed by atoms with E-state index in [9.17, 15) is 23.2 Å². The van der Waals surface area contributed by atoms with Gasteiger partial charge in [0.05, 0.1) is 5.92 Å². The predicted octanol–water partition coefficient (Wildman–Crippen LogP) is 0.604. The van der Waals surface area contributed by atoms with Crippen molar-refractivity contribution in [3.63, 3.8) is 0 Å². The Bertz CT molecular complexity index is 488. The van der Waals surface area contributed by atoms with E-state index < -0.39 is 23.7 Å². The smallest absolute Gasteiger partial charge is 0.248 e. The van der Waals surface area contributed by atoms with Gasteiger partial charge in [0.1, 0.15) is 0 Å². The summed E-state index contributed by atoms with van der Waals surface area (Å²) < 4.78 is 26.5. The SMILES string of the molecule is CC(=O)N1CCN(C(=O)C2CCC(F)(F)CC2)C[C@H](C(N)=O)C1. The first kappa shape index (κ1) is 17.6. The molecule has 23 heavy (non-hydrogen) atoms. The number of alkyl halides is 2. The lowest BCUT2D eigenvalue weighted by atomic mass is 9.85. The van der Waals surface area contributed by atoms with Crippen LogP contribution in [0, 0.1) is 11.8 Å². The number of amides is 3. The van der Waals surface area contributed by atoms with Crippen LogP contribution in [0.25, 0.3) is 0 Å². The molecule has 2 N–H and O–H groups in total. The van der Waals surface area contributed by atoms with E-state index in [0.29, 0.717) is 13.1 Å². The number of hydrogen-bond acceptors (Lipinski definition) is 3. The van der Waals surface area contributed by atoms with Gasteiger partial charge in [-0.25, -0.2) is 8.78 Å². The highest BCUT2D eigenvalue weighted by Crippen LogP contribution is 2.37. The number of carbonyl (C=O) groups is 3. The minimum Gasteiger partial charge on any atom is -0.369 e. The van der Waals surface area contributed by atoms with Gasteiger partial charge in [-0.3, -0.25) is 14.4 Å². The van der Waals surface area contributed by atoms with Crippen molar-refractivity contribution in [3.05, 3.63) is 0 Å². The second-order valence-electron chi connectivity index (χ2n) is 6.48. The number of carbonyl (C=O) groups excluding carboxylic acids is 3. The number of hydrogen-bond donors (Lipinski definition) is 1. The largest absolute Gasteiger partial charge is 0.369 e. The molecular formula is C15H23F2N3O3. The minimum atomic E-state index is -2.68. The first-order valence-corrected chi connectivity index (χ1v) is 7.91. The van der Waals surface area contributed by atoms with Crippen molar-refractivity contribution >= 4 is 17.7 Å². The van der Waals surface area contributed by atoms with E-state index in [1.807, 2.05) is 0 Å². The van der Waals surface area contributed by atoms with Gasteiger partial charge >= 0.3 is 0 Å². The summed E-state index contributed by atoms with van der Waals surface area (Å²) in [7, 11) is 0. The Balaban J connectivity index is 2.04. The molecule has 0 spiro atoms. The summed E-state index contributed by atoms with van der Waals surface area (Å²) in [5.41, 5.74) is 5.36. The summed E-state index contributed by atoms with van der Waals surface area (Å²) >= 11 is 0. The quantitative estimate of drug-likeness (QED) is 0.804. The molecule has 1 heterocycles. The Labute approximate surface area is 134 Å². The average Bonchev–Trinajstić information content (AvgIpc) is 2.69. The van der Waals surface area contributed by atoms with E-state index in [0.717, 1.165) is 0 Å². The second-order valence-corrected chi connectivity index (χ2v) is 6.48. The van der Waals surface area contributed by atoms with Crippen LogP contribution in [0.2, 0.25) is 0 Å². The third kappa shape index (κ3) is 4.39. The van der Waals surface area contributed by atoms with Crippen LogP contribution in [0.15, 0.2) is 0 Å². The van der Waals surface area contributed by atoms with Crippen molar-refractivity contribution in [1.29, 1.82) is 0 Å². The zero-order valence-corrected chi connectivity index (χ0v) is 13.3. The van der Waals surface area contributed by atoms with E-state index >= 15 is 0 Å². The Hall–Kier alpha value is -1.73. The Kier molecular flexibility index (Phi) is 5.21. The standard InChI is InChI=1S/C15H23F2N3O3/c1-10(21)19-6-7-20(9-12(8-19)13(18)22)14(23)11-2-4-15(16,17)5-3-11/h11-12H,2-9H2,1H3,(H2,18,22)/t12-/m1/s1. The number of nitrogens with zero attached hydrogens (tertiary/aromatic N) is 2. The molecule has 1 saturated heterocycles. The van der Waals surface area contributed by atoms with Crippen LogP contribution in [-0.2, 0) is 14.4 Å². The molecule has 1 saturated carbocycles. The first-order valence-electron chi connectivity index (χ1n) is 7.91. The van der Waals surface area contributed by atoms with Gasteiger partial charge in [0.15, 0.2) is 0 Å². The lowest BCUT2D eigenvalue weighted by Crippen LogP contribution is -2.44. The molecule has 0 aromatic rings. The Morgan fingerprint density at radius 2 is 1.52 bits per heavy atom. The van der Waals surface area contributed by atoms with Gasteiger partial charge in [0.25, 0.3) is 0 Å². The molecule has 2 fully saturated rings. The fourth-order valence-corrected chi connectivity index (χ4v) is 3.23. The Morgan fingerprint density at radius 1 is 1.00 bits per heavy atom.